The predicted octanol–water partition coefficient (Wildman–Crippen LogP) is 1.28. The van der Waals surface area contributed by atoms with Crippen molar-refractivity contribution >= 4 is 5.91 Å². The summed E-state index contributed by atoms with van der Waals surface area (Å²) in [7, 11) is 0. The minimum Gasteiger partial charge on any atom is -0.469 e. The number of aromatic nitrogens is 2. The third-order valence-corrected chi connectivity index (χ3v) is 2.34. The molecule has 0 fully saturated rings. The molecule has 0 spiro atoms. The Labute approximate surface area is 92.9 Å². The average Bonchev–Trinajstić information content (AvgIpc) is 2.88. The summed E-state index contributed by atoms with van der Waals surface area (Å²) in [5.74, 6) is 0.532. The van der Waals surface area contributed by atoms with Crippen LogP contribution in [-0.4, -0.2) is 22.4 Å². The first-order valence-electron chi connectivity index (χ1n) is 5.07. The Balaban J connectivity index is 1.83. The Morgan fingerprint density at radius 1 is 1.62 bits per heavy atom. The number of nitrogens with one attached hydrogen (secondary N) is 2. The van der Waals surface area contributed by atoms with E-state index in [-0.39, 0.29) is 5.91 Å². The van der Waals surface area contributed by atoms with E-state index in [0.29, 0.717) is 17.9 Å². The van der Waals surface area contributed by atoms with Gasteiger partial charge in [0.2, 0.25) is 0 Å². The van der Waals surface area contributed by atoms with Crippen molar-refractivity contribution in [1.82, 2.24) is 15.3 Å². The highest BCUT2D eigenvalue weighted by Gasteiger charge is 2.10. The number of nitrogens with zero attached hydrogens (tertiary/aromatic N) is 1. The number of hydrogen-bond donors (Lipinski definition) is 2. The molecule has 0 unspecified atom stereocenters. The van der Waals surface area contributed by atoms with Crippen LogP contribution < -0.4 is 5.32 Å². The van der Waals surface area contributed by atoms with Crippen LogP contribution in [0.3, 0.4) is 0 Å². The lowest BCUT2D eigenvalue weighted by Crippen LogP contribution is -2.25. The summed E-state index contributed by atoms with van der Waals surface area (Å²) in [5.41, 5.74) is 1.59. The van der Waals surface area contributed by atoms with Gasteiger partial charge < -0.3 is 14.7 Å². The standard InChI is InChI=1S/C11H13N3O2/c1-8-10(3-5-16-8)11(15)13-4-2-9-6-12-7-14-9/h3,5-7H,2,4H2,1H3,(H,12,14)(H,13,15). The Morgan fingerprint density at radius 2 is 2.50 bits per heavy atom. The molecule has 2 aromatic rings. The Morgan fingerprint density at radius 3 is 3.12 bits per heavy atom. The van der Waals surface area contributed by atoms with Gasteiger partial charge in [-0.05, 0) is 13.0 Å². The number of carbonyl (C=O) groups excluding carboxylic acids is 1. The zero-order valence-corrected chi connectivity index (χ0v) is 8.99. The first-order chi connectivity index (χ1) is 7.77. The molecule has 2 heterocycles. The van der Waals surface area contributed by atoms with E-state index in [4.69, 9.17) is 4.42 Å². The minimum absolute atomic E-state index is 0.106. The van der Waals surface area contributed by atoms with Crippen LogP contribution in [0.5, 0.6) is 0 Å². The molecule has 0 aliphatic carbocycles. The quantitative estimate of drug-likeness (QED) is 0.813. The fraction of sp³-hybridized carbons (Fsp3) is 0.273. The van der Waals surface area contributed by atoms with Crippen molar-refractivity contribution in [2.45, 2.75) is 13.3 Å². The van der Waals surface area contributed by atoms with Crippen molar-refractivity contribution in [2.75, 3.05) is 6.54 Å². The first kappa shape index (κ1) is 10.5. The van der Waals surface area contributed by atoms with Crippen molar-refractivity contribution in [2.24, 2.45) is 0 Å². The van der Waals surface area contributed by atoms with E-state index in [1.165, 1.54) is 6.26 Å². The number of hydrogen-bond acceptors (Lipinski definition) is 3. The van der Waals surface area contributed by atoms with Gasteiger partial charge >= 0.3 is 0 Å². The SMILES string of the molecule is Cc1occc1C(=O)NCCc1cnc[nH]1. The predicted molar refractivity (Wildman–Crippen MR) is 58.1 cm³/mol. The smallest absolute Gasteiger partial charge is 0.254 e. The molecule has 0 saturated heterocycles. The zero-order chi connectivity index (χ0) is 11.4. The molecule has 2 aromatic heterocycles. The second-order valence-electron chi connectivity index (χ2n) is 3.47. The van der Waals surface area contributed by atoms with Crippen molar-refractivity contribution in [3.8, 4) is 0 Å². The summed E-state index contributed by atoms with van der Waals surface area (Å²) < 4.78 is 5.06. The summed E-state index contributed by atoms with van der Waals surface area (Å²) in [5, 5.41) is 2.82. The summed E-state index contributed by atoms with van der Waals surface area (Å²) in [6.07, 6.45) is 5.62. The van der Waals surface area contributed by atoms with E-state index in [2.05, 4.69) is 15.3 Å². The number of carbonyl (C=O) groups is 1. The molecule has 2 N–H and O–H groups in total. The van der Waals surface area contributed by atoms with Gasteiger partial charge in [0.15, 0.2) is 0 Å². The Hall–Kier alpha value is -2.04. The van der Waals surface area contributed by atoms with Crippen LogP contribution in [0.25, 0.3) is 0 Å². The number of H-pyrrole nitrogens is 1. The first-order valence-corrected chi connectivity index (χ1v) is 5.07. The van der Waals surface area contributed by atoms with Crippen molar-refractivity contribution < 1.29 is 9.21 Å². The van der Waals surface area contributed by atoms with E-state index in [1.807, 2.05) is 0 Å². The number of aryl methyl sites for hydroxylation is 1. The Bertz CT molecular complexity index is 459. The molecule has 0 aromatic carbocycles. The lowest BCUT2D eigenvalue weighted by Gasteiger charge is -2.02. The molecule has 0 radical (unpaired) electrons. The van der Waals surface area contributed by atoms with Crippen LogP contribution in [0, 0.1) is 6.92 Å². The van der Waals surface area contributed by atoms with Crippen LogP contribution in [0.4, 0.5) is 0 Å². The maximum Gasteiger partial charge on any atom is 0.254 e. The lowest BCUT2D eigenvalue weighted by molar-refractivity contribution is 0.0952. The molecule has 1 amide bonds. The van der Waals surface area contributed by atoms with E-state index in [0.717, 1.165) is 12.1 Å². The normalized spacial score (nSPS) is 10.3. The summed E-state index contributed by atoms with van der Waals surface area (Å²) in [6.45, 7) is 2.34. The number of imidazole rings is 1. The molecule has 0 aliphatic heterocycles. The highest BCUT2D eigenvalue weighted by molar-refractivity contribution is 5.94. The van der Waals surface area contributed by atoms with Crippen LogP contribution in [0.2, 0.25) is 0 Å². The zero-order valence-electron chi connectivity index (χ0n) is 8.99. The van der Waals surface area contributed by atoms with Gasteiger partial charge in [-0.3, -0.25) is 4.79 Å². The number of furan rings is 1. The number of amides is 1. The van der Waals surface area contributed by atoms with E-state index in [9.17, 15) is 4.79 Å². The maximum absolute atomic E-state index is 11.7. The molecule has 5 heteroatoms. The van der Waals surface area contributed by atoms with Crippen LogP contribution in [0.1, 0.15) is 21.8 Å². The Kier molecular flexibility index (Phi) is 3.05. The minimum atomic E-state index is -0.106. The second kappa shape index (κ2) is 4.65. The third-order valence-electron chi connectivity index (χ3n) is 2.34. The molecule has 0 bridgehead atoms. The molecule has 0 atom stereocenters. The van der Waals surface area contributed by atoms with Gasteiger partial charge in [0.05, 0.1) is 18.2 Å². The lowest BCUT2D eigenvalue weighted by atomic mass is 10.2. The number of rotatable bonds is 4. The van der Waals surface area contributed by atoms with E-state index < -0.39 is 0 Å². The highest BCUT2D eigenvalue weighted by Crippen LogP contribution is 2.07. The molecule has 0 saturated carbocycles. The number of aromatic amines is 1. The fourth-order valence-electron chi connectivity index (χ4n) is 1.45. The van der Waals surface area contributed by atoms with Gasteiger partial charge in [0.25, 0.3) is 5.91 Å². The second-order valence-corrected chi connectivity index (χ2v) is 3.47. The van der Waals surface area contributed by atoms with Crippen molar-refractivity contribution in [1.29, 1.82) is 0 Å². The molecule has 84 valence electrons. The van der Waals surface area contributed by atoms with E-state index in [1.54, 1.807) is 25.5 Å². The van der Waals surface area contributed by atoms with Gasteiger partial charge in [-0.2, -0.15) is 0 Å². The van der Waals surface area contributed by atoms with Gasteiger partial charge in [0.1, 0.15) is 5.76 Å². The van der Waals surface area contributed by atoms with E-state index >= 15 is 0 Å². The van der Waals surface area contributed by atoms with Gasteiger partial charge in [-0.25, -0.2) is 4.98 Å². The van der Waals surface area contributed by atoms with Crippen LogP contribution >= 0.6 is 0 Å². The summed E-state index contributed by atoms with van der Waals surface area (Å²) in [4.78, 5) is 18.5. The monoisotopic (exact) mass is 219 g/mol. The van der Waals surface area contributed by atoms with Gasteiger partial charge in [-0.15, -0.1) is 0 Å². The van der Waals surface area contributed by atoms with Crippen molar-refractivity contribution in [3.05, 3.63) is 41.9 Å². The largest absolute Gasteiger partial charge is 0.469 e. The maximum atomic E-state index is 11.7. The third kappa shape index (κ3) is 2.31. The van der Waals surface area contributed by atoms with Crippen molar-refractivity contribution in [3.63, 3.8) is 0 Å². The average molecular weight is 219 g/mol. The molecule has 0 aliphatic rings. The summed E-state index contributed by atoms with van der Waals surface area (Å²) in [6, 6.07) is 1.67. The van der Waals surface area contributed by atoms with Crippen LogP contribution in [-0.2, 0) is 6.42 Å². The highest BCUT2D eigenvalue weighted by atomic mass is 16.3. The van der Waals surface area contributed by atoms with Gasteiger partial charge in [-0.1, -0.05) is 0 Å². The van der Waals surface area contributed by atoms with Gasteiger partial charge in [0, 0.05) is 24.9 Å². The molecular weight excluding hydrogens is 206 g/mol. The molecule has 5 nitrogen and oxygen atoms in total. The summed E-state index contributed by atoms with van der Waals surface area (Å²) >= 11 is 0. The topological polar surface area (TPSA) is 70.9 Å². The molecule has 2 rings (SSSR count). The van der Waals surface area contributed by atoms with Crippen LogP contribution in [0.15, 0.2) is 29.3 Å². The fourth-order valence-corrected chi connectivity index (χ4v) is 1.45. The molecular formula is C11H13N3O2. The molecule has 16 heavy (non-hydrogen) atoms.